The fourth-order valence-electron chi connectivity index (χ4n) is 0.955. The zero-order chi connectivity index (χ0) is 10.0. The van der Waals surface area contributed by atoms with Crippen molar-refractivity contribution in [2.45, 2.75) is 0 Å². The minimum absolute atomic E-state index is 0.220. The van der Waals surface area contributed by atoms with Crippen LogP contribution in [0.25, 0.3) is 0 Å². The molecule has 0 unspecified atom stereocenters. The molecule has 5 nitrogen and oxygen atoms in total. The molecule has 4 N–H and O–H groups in total. The van der Waals surface area contributed by atoms with Gasteiger partial charge in [0.2, 0.25) is 0 Å². The van der Waals surface area contributed by atoms with E-state index in [2.05, 4.69) is 4.98 Å². The van der Waals surface area contributed by atoms with Gasteiger partial charge in [0, 0.05) is 14.1 Å². The Morgan fingerprint density at radius 2 is 2.08 bits per heavy atom. The number of anilines is 2. The summed E-state index contributed by atoms with van der Waals surface area (Å²) < 4.78 is 0. The summed E-state index contributed by atoms with van der Waals surface area (Å²) in [5.41, 5.74) is 11.4. The molecule has 70 valence electrons. The summed E-state index contributed by atoms with van der Waals surface area (Å²) in [5, 5.41) is 0. The van der Waals surface area contributed by atoms with Gasteiger partial charge in [-0.05, 0) is 12.1 Å². The van der Waals surface area contributed by atoms with Gasteiger partial charge in [0.15, 0.2) is 5.82 Å². The number of rotatable bonds is 2. The molecule has 1 aromatic heterocycles. The Bertz CT molecular complexity index is 335. The van der Waals surface area contributed by atoms with E-state index in [4.69, 9.17) is 11.5 Å². The fraction of sp³-hybridized carbons (Fsp3) is 0.250. The number of amides is 1. The Labute approximate surface area is 76.3 Å². The number of nitrogens with zero attached hydrogens (tertiary/aromatic N) is 2. The minimum Gasteiger partial charge on any atom is -0.396 e. The molecular weight excluding hydrogens is 168 g/mol. The molecule has 0 aliphatic rings. The second-order valence-corrected chi connectivity index (χ2v) is 2.87. The molecule has 0 saturated heterocycles. The van der Waals surface area contributed by atoms with E-state index in [1.165, 1.54) is 6.07 Å². The van der Waals surface area contributed by atoms with Crippen LogP contribution in [0.4, 0.5) is 11.5 Å². The fourth-order valence-corrected chi connectivity index (χ4v) is 0.955. The Morgan fingerprint density at radius 1 is 1.46 bits per heavy atom. The van der Waals surface area contributed by atoms with Crippen molar-refractivity contribution in [2.24, 2.45) is 5.73 Å². The van der Waals surface area contributed by atoms with Crippen LogP contribution in [0.1, 0.15) is 10.5 Å². The highest BCUT2D eigenvalue weighted by atomic mass is 16.1. The molecule has 1 heterocycles. The predicted molar refractivity (Wildman–Crippen MR) is 51.5 cm³/mol. The van der Waals surface area contributed by atoms with Crippen LogP contribution < -0.4 is 16.4 Å². The lowest BCUT2D eigenvalue weighted by Crippen LogP contribution is -2.18. The first-order valence-electron chi connectivity index (χ1n) is 3.76. The summed E-state index contributed by atoms with van der Waals surface area (Å²) in [6.45, 7) is 0. The van der Waals surface area contributed by atoms with E-state index < -0.39 is 5.91 Å². The van der Waals surface area contributed by atoms with E-state index in [-0.39, 0.29) is 5.69 Å². The predicted octanol–water partition coefficient (Wildman–Crippen LogP) is -0.171. The Kier molecular flexibility index (Phi) is 2.36. The molecule has 1 amide bonds. The van der Waals surface area contributed by atoms with Crippen molar-refractivity contribution in [1.82, 2.24) is 4.98 Å². The van der Waals surface area contributed by atoms with Crippen molar-refractivity contribution in [3.8, 4) is 0 Å². The molecule has 0 fully saturated rings. The Balaban J connectivity index is 3.19. The van der Waals surface area contributed by atoms with Gasteiger partial charge in [-0.15, -0.1) is 0 Å². The van der Waals surface area contributed by atoms with Crippen molar-refractivity contribution in [2.75, 3.05) is 24.7 Å². The quantitative estimate of drug-likeness (QED) is 0.661. The molecule has 0 aliphatic heterocycles. The van der Waals surface area contributed by atoms with E-state index in [0.29, 0.717) is 11.5 Å². The third-order valence-corrected chi connectivity index (χ3v) is 1.58. The third kappa shape index (κ3) is 1.87. The standard InChI is InChI=1S/C8H12N4O/c1-12(2)8-5(9)3-4-6(11-8)7(10)13/h3-4H,9H2,1-2H3,(H2,10,13). The van der Waals surface area contributed by atoms with Crippen LogP contribution >= 0.6 is 0 Å². The average Bonchev–Trinajstić information content (AvgIpc) is 2.04. The molecule has 5 heteroatoms. The minimum atomic E-state index is -0.553. The highest BCUT2D eigenvalue weighted by Gasteiger charge is 2.07. The summed E-state index contributed by atoms with van der Waals surface area (Å²) in [6.07, 6.45) is 0. The first-order valence-corrected chi connectivity index (χ1v) is 3.76. The molecule has 0 radical (unpaired) electrons. The first-order chi connectivity index (χ1) is 6.02. The van der Waals surface area contributed by atoms with E-state index in [9.17, 15) is 4.79 Å². The second kappa shape index (κ2) is 3.30. The van der Waals surface area contributed by atoms with Gasteiger partial charge < -0.3 is 16.4 Å². The van der Waals surface area contributed by atoms with E-state index >= 15 is 0 Å². The van der Waals surface area contributed by atoms with Crippen LogP contribution in [-0.2, 0) is 0 Å². The van der Waals surface area contributed by atoms with Crippen molar-refractivity contribution < 1.29 is 4.79 Å². The first kappa shape index (κ1) is 9.31. The average molecular weight is 180 g/mol. The molecule has 0 saturated carbocycles. The zero-order valence-corrected chi connectivity index (χ0v) is 7.61. The number of primary amides is 1. The van der Waals surface area contributed by atoms with Gasteiger partial charge in [0.1, 0.15) is 5.69 Å². The smallest absolute Gasteiger partial charge is 0.267 e. The van der Waals surface area contributed by atoms with Gasteiger partial charge in [-0.1, -0.05) is 0 Å². The number of pyridine rings is 1. The molecule has 0 spiro atoms. The highest BCUT2D eigenvalue weighted by Crippen LogP contribution is 2.17. The molecule has 0 bridgehead atoms. The van der Waals surface area contributed by atoms with Crippen molar-refractivity contribution in [3.05, 3.63) is 17.8 Å². The maximum Gasteiger partial charge on any atom is 0.267 e. The topological polar surface area (TPSA) is 85.2 Å². The summed E-state index contributed by atoms with van der Waals surface area (Å²) >= 11 is 0. The van der Waals surface area contributed by atoms with Crippen LogP contribution in [0.2, 0.25) is 0 Å². The van der Waals surface area contributed by atoms with Crippen molar-refractivity contribution >= 4 is 17.4 Å². The Morgan fingerprint density at radius 3 is 2.54 bits per heavy atom. The zero-order valence-electron chi connectivity index (χ0n) is 7.61. The summed E-state index contributed by atoms with van der Waals surface area (Å²) in [7, 11) is 3.59. The normalized spacial score (nSPS) is 9.69. The SMILES string of the molecule is CN(C)c1nc(C(N)=O)ccc1N. The summed E-state index contributed by atoms with van der Waals surface area (Å²) in [5.74, 6) is -0.000556. The van der Waals surface area contributed by atoms with Crippen molar-refractivity contribution in [3.63, 3.8) is 0 Å². The molecular formula is C8H12N4O. The van der Waals surface area contributed by atoms with Crippen LogP contribution in [0, 0.1) is 0 Å². The molecule has 0 aliphatic carbocycles. The van der Waals surface area contributed by atoms with E-state index in [1.54, 1.807) is 25.1 Å². The number of nitrogens with two attached hydrogens (primary N) is 2. The second-order valence-electron chi connectivity index (χ2n) is 2.87. The van der Waals surface area contributed by atoms with Crippen LogP contribution in [0.5, 0.6) is 0 Å². The lowest BCUT2D eigenvalue weighted by atomic mass is 10.3. The molecule has 13 heavy (non-hydrogen) atoms. The summed E-state index contributed by atoms with van der Waals surface area (Å²) in [6, 6.07) is 3.12. The number of hydrogen-bond donors (Lipinski definition) is 2. The van der Waals surface area contributed by atoms with Crippen molar-refractivity contribution in [1.29, 1.82) is 0 Å². The lowest BCUT2D eigenvalue weighted by molar-refractivity contribution is 0.0995. The third-order valence-electron chi connectivity index (χ3n) is 1.58. The monoisotopic (exact) mass is 180 g/mol. The highest BCUT2D eigenvalue weighted by molar-refractivity contribution is 5.91. The lowest BCUT2D eigenvalue weighted by Gasteiger charge is -2.13. The van der Waals surface area contributed by atoms with E-state index in [1.807, 2.05) is 0 Å². The van der Waals surface area contributed by atoms with Crippen LogP contribution in [0.15, 0.2) is 12.1 Å². The number of hydrogen-bond acceptors (Lipinski definition) is 4. The van der Waals surface area contributed by atoms with E-state index in [0.717, 1.165) is 0 Å². The van der Waals surface area contributed by atoms with Gasteiger partial charge in [0.05, 0.1) is 5.69 Å². The Hall–Kier alpha value is -1.78. The number of nitrogen functional groups attached to an aromatic ring is 1. The van der Waals surface area contributed by atoms with Gasteiger partial charge in [-0.2, -0.15) is 0 Å². The van der Waals surface area contributed by atoms with Gasteiger partial charge >= 0.3 is 0 Å². The summed E-state index contributed by atoms with van der Waals surface area (Å²) in [4.78, 5) is 16.5. The number of carbonyl (C=O) groups is 1. The number of aromatic nitrogens is 1. The van der Waals surface area contributed by atoms with Gasteiger partial charge in [0.25, 0.3) is 5.91 Å². The van der Waals surface area contributed by atoms with Crippen LogP contribution in [0.3, 0.4) is 0 Å². The maximum absolute atomic E-state index is 10.8. The largest absolute Gasteiger partial charge is 0.396 e. The van der Waals surface area contributed by atoms with Gasteiger partial charge in [-0.3, -0.25) is 4.79 Å². The maximum atomic E-state index is 10.8. The molecule has 0 aromatic carbocycles. The van der Waals surface area contributed by atoms with Gasteiger partial charge in [-0.25, -0.2) is 4.98 Å². The van der Waals surface area contributed by atoms with Crippen LogP contribution in [-0.4, -0.2) is 25.0 Å². The molecule has 1 rings (SSSR count). The molecule has 1 aromatic rings. The molecule has 0 atom stereocenters. The number of carbonyl (C=O) groups excluding carboxylic acids is 1.